The highest BCUT2D eigenvalue weighted by molar-refractivity contribution is 6.09. The Balaban J connectivity index is 1.39. The minimum Gasteiger partial charge on any atom is -0.338 e. The van der Waals surface area contributed by atoms with Gasteiger partial charge in [-0.15, -0.1) is 0 Å². The number of aromatic nitrogens is 2. The van der Waals surface area contributed by atoms with E-state index in [0.29, 0.717) is 24.2 Å². The Morgan fingerprint density at radius 3 is 2.60 bits per heavy atom. The number of hydrogen-bond acceptors (Lipinski definition) is 4. The summed E-state index contributed by atoms with van der Waals surface area (Å²) in [5.41, 5.74) is 2.79. The number of fused-ring (bicyclic) bond motifs is 2. The van der Waals surface area contributed by atoms with Crippen LogP contribution in [0, 0.1) is 5.92 Å². The van der Waals surface area contributed by atoms with Crippen molar-refractivity contribution >= 4 is 33.5 Å². The van der Waals surface area contributed by atoms with Crippen LogP contribution < -0.4 is 0 Å². The highest BCUT2D eigenvalue weighted by Gasteiger charge is 2.30. The predicted octanol–water partition coefficient (Wildman–Crippen LogP) is 4.52. The largest absolute Gasteiger partial charge is 0.338 e. The normalized spacial score (nSPS) is 16.7. The van der Waals surface area contributed by atoms with Gasteiger partial charge in [0.1, 0.15) is 0 Å². The summed E-state index contributed by atoms with van der Waals surface area (Å²) in [5, 5.41) is 2.03. The number of piperidine rings is 1. The van der Waals surface area contributed by atoms with Crippen LogP contribution in [0.3, 0.4) is 0 Å². The molecule has 5 nitrogen and oxygen atoms in total. The van der Waals surface area contributed by atoms with Crippen LogP contribution >= 0.6 is 0 Å². The number of carbonyl (C=O) groups is 2. The standard InChI is InChI=1S/C25H21N3O2/c29-24(21-9-3-6-17-5-1-2-8-20(17)21)19-7-4-14-28(16-19)25(30)18-10-11-22-23(15-18)27-13-12-26-22/h1-3,5-6,8-13,15,19H,4,7,14,16H2/t19-/m1/s1. The molecule has 0 aliphatic carbocycles. The van der Waals surface area contributed by atoms with Gasteiger partial charge >= 0.3 is 0 Å². The van der Waals surface area contributed by atoms with Crippen molar-refractivity contribution in [3.63, 3.8) is 0 Å². The molecule has 1 saturated heterocycles. The molecule has 0 spiro atoms. The summed E-state index contributed by atoms with van der Waals surface area (Å²) in [6.07, 6.45) is 4.88. The van der Waals surface area contributed by atoms with Gasteiger partial charge in [-0.25, -0.2) is 0 Å². The number of benzene rings is 3. The molecule has 4 aromatic rings. The molecule has 0 saturated carbocycles. The van der Waals surface area contributed by atoms with E-state index in [9.17, 15) is 9.59 Å². The maximum Gasteiger partial charge on any atom is 0.253 e. The lowest BCUT2D eigenvalue weighted by molar-refractivity contribution is 0.0637. The van der Waals surface area contributed by atoms with Gasteiger partial charge in [-0.1, -0.05) is 42.5 Å². The zero-order chi connectivity index (χ0) is 20.5. The molecule has 1 atom stereocenters. The maximum absolute atomic E-state index is 13.3. The number of nitrogens with zero attached hydrogens (tertiary/aromatic N) is 3. The van der Waals surface area contributed by atoms with E-state index in [1.165, 1.54) is 0 Å². The molecule has 30 heavy (non-hydrogen) atoms. The summed E-state index contributed by atoms with van der Waals surface area (Å²) < 4.78 is 0. The summed E-state index contributed by atoms with van der Waals surface area (Å²) in [4.78, 5) is 36.8. The second-order valence-electron chi connectivity index (χ2n) is 7.74. The van der Waals surface area contributed by atoms with E-state index < -0.39 is 0 Å². The van der Waals surface area contributed by atoms with Gasteiger partial charge in [-0.05, 0) is 41.8 Å². The molecule has 0 radical (unpaired) electrons. The van der Waals surface area contributed by atoms with Crippen LogP contribution in [0.1, 0.15) is 33.6 Å². The van der Waals surface area contributed by atoms with Gasteiger partial charge in [-0.3, -0.25) is 19.6 Å². The van der Waals surface area contributed by atoms with E-state index in [0.717, 1.165) is 34.7 Å². The number of hydrogen-bond donors (Lipinski definition) is 0. The fourth-order valence-corrected chi connectivity index (χ4v) is 4.31. The number of ketones is 1. The number of Topliss-reactive ketones (excluding diaryl/α,β-unsaturated/α-hetero) is 1. The van der Waals surface area contributed by atoms with Crippen molar-refractivity contribution in [2.45, 2.75) is 12.8 Å². The van der Waals surface area contributed by atoms with Crippen molar-refractivity contribution < 1.29 is 9.59 Å². The van der Waals surface area contributed by atoms with E-state index in [4.69, 9.17) is 0 Å². The van der Waals surface area contributed by atoms with Crippen molar-refractivity contribution in [1.82, 2.24) is 14.9 Å². The molecule has 5 heteroatoms. The first-order valence-corrected chi connectivity index (χ1v) is 10.2. The molecular formula is C25H21N3O2. The minimum atomic E-state index is -0.186. The lowest BCUT2D eigenvalue weighted by atomic mass is 9.87. The van der Waals surface area contributed by atoms with Gasteiger partial charge in [-0.2, -0.15) is 0 Å². The topological polar surface area (TPSA) is 63.2 Å². The second kappa shape index (κ2) is 7.67. The van der Waals surface area contributed by atoms with Crippen molar-refractivity contribution in [3.8, 4) is 0 Å². The Kier molecular flexibility index (Phi) is 4.71. The Morgan fingerprint density at radius 2 is 1.70 bits per heavy atom. The van der Waals surface area contributed by atoms with Gasteiger partial charge in [0.2, 0.25) is 0 Å². The first-order chi connectivity index (χ1) is 14.7. The summed E-state index contributed by atoms with van der Waals surface area (Å²) in [6, 6.07) is 19.2. The minimum absolute atomic E-state index is 0.0574. The summed E-state index contributed by atoms with van der Waals surface area (Å²) in [5.74, 6) is -0.125. The highest BCUT2D eigenvalue weighted by atomic mass is 16.2. The third-order valence-electron chi connectivity index (χ3n) is 5.85. The molecule has 148 valence electrons. The highest BCUT2D eigenvalue weighted by Crippen LogP contribution is 2.27. The van der Waals surface area contributed by atoms with Gasteiger partial charge in [0.05, 0.1) is 11.0 Å². The summed E-state index contributed by atoms with van der Waals surface area (Å²) >= 11 is 0. The number of amides is 1. The van der Waals surface area contributed by atoms with E-state index in [1.807, 2.05) is 48.5 Å². The molecule has 1 aliphatic rings. The Bertz CT molecular complexity index is 1260. The van der Waals surface area contributed by atoms with Crippen LogP contribution in [0.5, 0.6) is 0 Å². The predicted molar refractivity (Wildman–Crippen MR) is 116 cm³/mol. The van der Waals surface area contributed by atoms with Crippen LogP contribution in [0.15, 0.2) is 73.1 Å². The molecule has 0 unspecified atom stereocenters. The maximum atomic E-state index is 13.3. The SMILES string of the molecule is O=C(c1cccc2ccccc12)[C@@H]1CCCN(C(=O)c2ccc3nccnc3c2)C1. The average Bonchev–Trinajstić information content (AvgIpc) is 2.82. The molecule has 0 bridgehead atoms. The summed E-state index contributed by atoms with van der Waals surface area (Å²) in [6.45, 7) is 1.11. The van der Waals surface area contributed by atoms with E-state index in [2.05, 4.69) is 9.97 Å². The second-order valence-corrected chi connectivity index (χ2v) is 7.74. The molecule has 0 N–H and O–H groups in total. The van der Waals surface area contributed by atoms with E-state index >= 15 is 0 Å². The van der Waals surface area contributed by atoms with Gasteiger partial charge in [0.15, 0.2) is 5.78 Å². The molecule has 1 aromatic heterocycles. The van der Waals surface area contributed by atoms with Crippen molar-refractivity contribution in [1.29, 1.82) is 0 Å². The zero-order valence-corrected chi connectivity index (χ0v) is 16.5. The van der Waals surface area contributed by atoms with Crippen molar-refractivity contribution in [2.24, 2.45) is 5.92 Å². The number of likely N-dealkylation sites (tertiary alicyclic amines) is 1. The quantitative estimate of drug-likeness (QED) is 0.479. The third-order valence-corrected chi connectivity index (χ3v) is 5.85. The first-order valence-electron chi connectivity index (χ1n) is 10.2. The van der Waals surface area contributed by atoms with Crippen molar-refractivity contribution in [2.75, 3.05) is 13.1 Å². The third kappa shape index (κ3) is 3.32. The summed E-state index contributed by atoms with van der Waals surface area (Å²) in [7, 11) is 0. The lowest BCUT2D eigenvalue weighted by Gasteiger charge is -2.32. The zero-order valence-electron chi connectivity index (χ0n) is 16.5. The van der Waals surface area contributed by atoms with Gasteiger partial charge in [0.25, 0.3) is 5.91 Å². The van der Waals surface area contributed by atoms with Crippen molar-refractivity contribution in [3.05, 3.63) is 84.2 Å². The van der Waals surface area contributed by atoms with Crippen LogP contribution in [-0.4, -0.2) is 39.6 Å². The Hall–Kier alpha value is -3.60. The molecule has 1 fully saturated rings. The van der Waals surface area contributed by atoms with Crippen LogP contribution in [0.25, 0.3) is 21.8 Å². The fraction of sp³-hybridized carbons (Fsp3) is 0.200. The molecule has 5 rings (SSSR count). The average molecular weight is 395 g/mol. The molecule has 2 heterocycles. The lowest BCUT2D eigenvalue weighted by Crippen LogP contribution is -2.42. The smallest absolute Gasteiger partial charge is 0.253 e. The number of rotatable bonds is 3. The Morgan fingerprint density at radius 1 is 0.900 bits per heavy atom. The van der Waals surface area contributed by atoms with Crippen LogP contribution in [0.4, 0.5) is 0 Å². The molecule has 1 aliphatic heterocycles. The molecular weight excluding hydrogens is 374 g/mol. The van der Waals surface area contributed by atoms with Gasteiger partial charge in [0, 0.05) is 42.5 Å². The fourth-order valence-electron chi connectivity index (χ4n) is 4.31. The van der Waals surface area contributed by atoms with E-state index in [-0.39, 0.29) is 17.6 Å². The number of carbonyl (C=O) groups excluding carboxylic acids is 2. The molecule has 3 aromatic carbocycles. The van der Waals surface area contributed by atoms with Gasteiger partial charge < -0.3 is 4.90 Å². The Labute approximate surface area is 174 Å². The van der Waals surface area contributed by atoms with Crippen LogP contribution in [0.2, 0.25) is 0 Å². The first kappa shape index (κ1) is 18.4. The monoisotopic (exact) mass is 395 g/mol. The van der Waals surface area contributed by atoms with Crippen LogP contribution in [-0.2, 0) is 0 Å². The van der Waals surface area contributed by atoms with E-state index in [1.54, 1.807) is 29.4 Å². The molecule has 1 amide bonds.